The molecule has 1 aromatic carbocycles. The van der Waals surface area contributed by atoms with Gasteiger partial charge in [-0.05, 0) is 51.7 Å². The molecule has 0 aromatic heterocycles. The molecule has 25 heavy (non-hydrogen) atoms. The van der Waals surface area contributed by atoms with Crippen molar-refractivity contribution in [3.63, 3.8) is 0 Å². The monoisotopic (exact) mass is 345 g/mol. The number of para-hydroxylation sites is 1. The van der Waals surface area contributed by atoms with Crippen molar-refractivity contribution >= 4 is 17.4 Å². The van der Waals surface area contributed by atoms with E-state index >= 15 is 0 Å². The van der Waals surface area contributed by atoms with Gasteiger partial charge in [-0.25, -0.2) is 4.99 Å². The molecule has 140 valence electrons. The number of aryl methyl sites for hydroxylation is 2. The van der Waals surface area contributed by atoms with Crippen LogP contribution in [0.5, 0.6) is 0 Å². The van der Waals surface area contributed by atoms with Gasteiger partial charge in [-0.1, -0.05) is 32.0 Å². The van der Waals surface area contributed by atoms with Crippen molar-refractivity contribution in [3.05, 3.63) is 29.3 Å². The van der Waals surface area contributed by atoms with Gasteiger partial charge < -0.3 is 9.80 Å². The van der Waals surface area contributed by atoms with Crippen LogP contribution in [-0.4, -0.2) is 47.7 Å². The molecule has 0 N–H and O–H groups in total. The molecule has 0 saturated carbocycles. The van der Waals surface area contributed by atoms with Gasteiger partial charge >= 0.3 is 0 Å². The molecule has 1 amide bonds. The minimum atomic E-state index is 0.155. The van der Waals surface area contributed by atoms with Gasteiger partial charge in [-0.2, -0.15) is 0 Å². The molecule has 0 fully saturated rings. The lowest BCUT2D eigenvalue weighted by atomic mass is 10.0. The smallest absolute Gasteiger partial charge is 0.230 e. The number of amidine groups is 1. The maximum Gasteiger partial charge on any atom is 0.230 e. The standard InChI is InChI=1S/C21H35N3O/c1-7-17-14-13-15-18(8-2)21(17)22-19(23(9-3)10-4)16-20(25)24(11-5)12-6/h13-15H,7-12,16H2,1-6H3. The molecule has 4 nitrogen and oxygen atoms in total. The first kappa shape index (κ1) is 21.2. The Balaban J connectivity index is 3.33. The van der Waals surface area contributed by atoms with Gasteiger partial charge in [0.05, 0.1) is 12.1 Å². The molecule has 0 unspecified atom stereocenters. The third-order valence-electron chi connectivity index (χ3n) is 4.76. The van der Waals surface area contributed by atoms with Crippen molar-refractivity contribution in [1.82, 2.24) is 9.80 Å². The summed E-state index contributed by atoms with van der Waals surface area (Å²) in [5.41, 5.74) is 3.56. The van der Waals surface area contributed by atoms with Crippen molar-refractivity contribution < 1.29 is 4.79 Å². The Bertz CT molecular complexity index is 550. The van der Waals surface area contributed by atoms with Gasteiger partial charge in [0.2, 0.25) is 5.91 Å². The van der Waals surface area contributed by atoms with E-state index in [1.165, 1.54) is 11.1 Å². The largest absolute Gasteiger partial charge is 0.360 e. The Hall–Kier alpha value is -1.84. The number of aliphatic imine (C=N–C) groups is 1. The fourth-order valence-electron chi connectivity index (χ4n) is 3.12. The first-order valence-electron chi connectivity index (χ1n) is 9.76. The molecule has 0 spiro atoms. The molecule has 0 heterocycles. The molecule has 0 atom stereocenters. The lowest BCUT2D eigenvalue weighted by molar-refractivity contribution is -0.129. The minimum Gasteiger partial charge on any atom is -0.360 e. The fourth-order valence-corrected chi connectivity index (χ4v) is 3.12. The average molecular weight is 346 g/mol. The van der Waals surface area contributed by atoms with Crippen LogP contribution in [-0.2, 0) is 17.6 Å². The Kier molecular flexibility index (Phi) is 9.25. The van der Waals surface area contributed by atoms with Gasteiger partial charge in [0.1, 0.15) is 5.84 Å². The lowest BCUT2D eigenvalue weighted by Crippen LogP contribution is -2.38. The molecule has 0 saturated heterocycles. The van der Waals surface area contributed by atoms with E-state index in [1.807, 2.05) is 18.7 Å². The number of benzene rings is 1. The topological polar surface area (TPSA) is 35.9 Å². The lowest BCUT2D eigenvalue weighted by Gasteiger charge is -2.26. The Morgan fingerprint density at radius 1 is 0.840 bits per heavy atom. The number of rotatable bonds is 9. The van der Waals surface area contributed by atoms with E-state index in [-0.39, 0.29) is 5.91 Å². The van der Waals surface area contributed by atoms with Crippen LogP contribution in [0.25, 0.3) is 0 Å². The van der Waals surface area contributed by atoms with Gasteiger partial charge in [-0.3, -0.25) is 4.79 Å². The molecule has 0 radical (unpaired) electrons. The number of hydrogen-bond acceptors (Lipinski definition) is 2. The highest BCUT2D eigenvalue weighted by Gasteiger charge is 2.18. The molecule has 0 aliphatic heterocycles. The summed E-state index contributed by atoms with van der Waals surface area (Å²) in [5.74, 6) is 1.04. The van der Waals surface area contributed by atoms with E-state index in [1.54, 1.807) is 0 Å². The van der Waals surface area contributed by atoms with Crippen LogP contribution in [0.4, 0.5) is 5.69 Å². The van der Waals surface area contributed by atoms with Crippen molar-refractivity contribution in [3.8, 4) is 0 Å². The summed E-state index contributed by atoms with van der Waals surface area (Å²) in [6, 6.07) is 6.39. The quantitative estimate of drug-likeness (QED) is 0.490. The normalized spacial score (nSPS) is 11.5. The summed E-state index contributed by atoms with van der Waals surface area (Å²) in [7, 11) is 0. The van der Waals surface area contributed by atoms with Gasteiger partial charge in [-0.15, -0.1) is 0 Å². The zero-order chi connectivity index (χ0) is 18.8. The summed E-state index contributed by atoms with van der Waals surface area (Å²) in [4.78, 5) is 21.8. The number of carbonyl (C=O) groups is 1. The molecule has 1 rings (SSSR count). The molecule has 0 aliphatic rings. The third kappa shape index (κ3) is 5.58. The second kappa shape index (κ2) is 10.9. The van der Waals surface area contributed by atoms with Crippen LogP contribution in [0.1, 0.15) is 59.1 Å². The predicted octanol–water partition coefficient (Wildman–Crippen LogP) is 4.44. The van der Waals surface area contributed by atoms with Crippen molar-refractivity contribution in [2.75, 3.05) is 26.2 Å². The maximum absolute atomic E-state index is 12.7. The van der Waals surface area contributed by atoms with E-state index in [9.17, 15) is 4.79 Å². The molecular weight excluding hydrogens is 310 g/mol. The van der Waals surface area contributed by atoms with Crippen LogP contribution in [0.15, 0.2) is 23.2 Å². The maximum atomic E-state index is 12.7. The number of nitrogens with zero attached hydrogens (tertiary/aromatic N) is 3. The SMILES string of the molecule is CCc1cccc(CC)c1N=C(CC(=O)N(CC)CC)N(CC)CC. The number of carbonyl (C=O) groups excluding carboxylic acids is 1. The first-order chi connectivity index (χ1) is 12.1. The summed E-state index contributed by atoms with van der Waals surface area (Å²) < 4.78 is 0. The Morgan fingerprint density at radius 3 is 1.72 bits per heavy atom. The van der Waals surface area contributed by atoms with Crippen LogP contribution < -0.4 is 0 Å². The second-order valence-corrected chi connectivity index (χ2v) is 6.08. The molecular formula is C21H35N3O. The van der Waals surface area contributed by atoms with E-state index < -0.39 is 0 Å². The summed E-state index contributed by atoms with van der Waals surface area (Å²) >= 11 is 0. The summed E-state index contributed by atoms with van der Waals surface area (Å²) in [5, 5.41) is 0. The highest BCUT2D eigenvalue weighted by atomic mass is 16.2. The van der Waals surface area contributed by atoms with E-state index in [0.717, 1.165) is 50.5 Å². The second-order valence-electron chi connectivity index (χ2n) is 6.08. The summed E-state index contributed by atoms with van der Waals surface area (Å²) in [6.45, 7) is 15.8. The highest BCUT2D eigenvalue weighted by Crippen LogP contribution is 2.27. The number of hydrogen-bond donors (Lipinski definition) is 0. The Labute approximate surface area is 153 Å². The first-order valence-corrected chi connectivity index (χ1v) is 9.76. The van der Waals surface area contributed by atoms with Crippen molar-refractivity contribution in [2.24, 2.45) is 4.99 Å². The van der Waals surface area contributed by atoms with E-state index in [2.05, 4.69) is 50.8 Å². The highest BCUT2D eigenvalue weighted by molar-refractivity contribution is 6.01. The Morgan fingerprint density at radius 2 is 1.32 bits per heavy atom. The molecule has 0 bridgehead atoms. The van der Waals surface area contributed by atoms with Crippen LogP contribution in [0.3, 0.4) is 0 Å². The summed E-state index contributed by atoms with van der Waals surface area (Å²) in [6.07, 6.45) is 2.26. The predicted molar refractivity (Wildman–Crippen MR) is 108 cm³/mol. The van der Waals surface area contributed by atoms with Crippen LogP contribution in [0.2, 0.25) is 0 Å². The van der Waals surface area contributed by atoms with Crippen molar-refractivity contribution in [2.45, 2.75) is 60.8 Å². The fraction of sp³-hybridized carbons (Fsp3) is 0.619. The number of amides is 1. The van der Waals surface area contributed by atoms with Gasteiger partial charge in [0.15, 0.2) is 0 Å². The zero-order valence-corrected chi connectivity index (χ0v) is 16.9. The van der Waals surface area contributed by atoms with Gasteiger partial charge in [0, 0.05) is 26.2 Å². The molecule has 0 aliphatic carbocycles. The van der Waals surface area contributed by atoms with Gasteiger partial charge in [0.25, 0.3) is 0 Å². The molecule has 1 aromatic rings. The molecule has 4 heteroatoms. The zero-order valence-electron chi connectivity index (χ0n) is 16.9. The van der Waals surface area contributed by atoms with E-state index in [0.29, 0.717) is 6.42 Å². The minimum absolute atomic E-state index is 0.155. The van der Waals surface area contributed by atoms with Crippen LogP contribution >= 0.6 is 0 Å². The van der Waals surface area contributed by atoms with E-state index in [4.69, 9.17) is 4.99 Å². The average Bonchev–Trinajstić information content (AvgIpc) is 2.63. The van der Waals surface area contributed by atoms with Crippen molar-refractivity contribution in [1.29, 1.82) is 0 Å². The van der Waals surface area contributed by atoms with Crippen LogP contribution in [0, 0.1) is 0 Å². The third-order valence-corrected chi connectivity index (χ3v) is 4.76.